The highest BCUT2D eigenvalue weighted by atomic mass is 79.9. The first kappa shape index (κ1) is 15.8. The molecule has 2 N–H and O–H groups in total. The number of rotatable bonds is 4. The summed E-state index contributed by atoms with van der Waals surface area (Å²) in [6.45, 7) is 0.282. The van der Waals surface area contributed by atoms with Gasteiger partial charge in [-0.25, -0.2) is 8.42 Å². The van der Waals surface area contributed by atoms with Gasteiger partial charge in [0, 0.05) is 33.3 Å². The second kappa shape index (κ2) is 6.03. The molecule has 0 aliphatic carbocycles. The van der Waals surface area contributed by atoms with Gasteiger partial charge in [0.25, 0.3) is 0 Å². The molecule has 2 aromatic rings. The Kier molecular flexibility index (Phi) is 4.76. The maximum Gasteiger partial charge on any atom is 0.245 e. The number of hydrogen-bond donors (Lipinski definition) is 1. The van der Waals surface area contributed by atoms with Crippen LogP contribution >= 0.6 is 38.9 Å². The molecular formula is C12H12BrClN2O2S2. The maximum absolute atomic E-state index is 12.5. The number of nitrogens with two attached hydrogens (primary N) is 1. The fraction of sp³-hybridized carbons (Fsp3) is 0.167. The monoisotopic (exact) mass is 394 g/mol. The Morgan fingerprint density at radius 2 is 2.10 bits per heavy atom. The molecule has 0 amide bonds. The van der Waals surface area contributed by atoms with Crippen LogP contribution in [0.25, 0.3) is 0 Å². The van der Waals surface area contributed by atoms with E-state index >= 15 is 0 Å². The van der Waals surface area contributed by atoms with E-state index < -0.39 is 10.0 Å². The first-order chi connectivity index (χ1) is 9.30. The van der Waals surface area contributed by atoms with Crippen molar-refractivity contribution in [1.82, 2.24) is 4.31 Å². The predicted molar refractivity (Wildman–Crippen MR) is 86.5 cm³/mol. The average molecular weight is 396 g/mol. The van der Waals surface area contributed by atoms with Crippen molar-refractivity contribution >= 4 is 54.6 Å². The largest absolute Gasteiger partial charge is 0.398 e. The second-order valence-electron chi connectivity index (χ2n) is 4.17. The van der Waals surface area contributed by atoms with E-state index in [0.717, 1.165) is 9.35 Å². The minimum absolute atomic E-state index is 0.0307. The fourth-order valence-electron chi connectivity index (χ4n) is 1.64. The Hall–Kier alpha value is -0.600. The predicted octanol–water partition coefficient (Wildman–Crippen LogP) is 3.57. The summed E-state index contributed by atoms with van der Waals surface area (Å²) in [5.74, 6) is 0. The summed E-state index contributed by atoms with van der Waals surface area (Å²) in [5, 5.41) is 2.24. The summed E-state index contributed by atoms with van der Waals surface area (Å²) in [7, 11) is -2.15. The number of nitrogens with zero attached hydrogens (tertiary/aromatic N) is 1. The second-order valence-corrected chi connectivity index (χ2v) is 8.54. The topological polar surface area (TPSA) is 63.4 Å². The van der Waals surface area contributed by atoms with Crippen LogP contribution in [-0.2, 0) is 16.6 Å². The molecule has 1 aromatic carbocycles. The molecule has 0 aliphatic rings. The lowest BCUT2D eigenvalue weighted by molar-refractivity contribution is 0.470. The van der Waals surface area contributed by atoms with Crippen molar-refractivity contribution in [2.24, 2.45) is 0 Å². The van der Waals surface area contributed by atoms with Gasteiger partial charge in [-0.3, -0.25) is 0 Å². The number of anilines is 1. The molecule has 1 aromatic heterocycles. The molecule has 8 heteroatoms. The van der Waals surface area contributed by atoms with Gasteiger partial charge in [-0.05, 0) is 40.2 Å². The molecule has 0 atom stereocenters. The van der Waals surface area contributed by atoms with E-state index in [1.165, 1.54) is 34.8 Å². The summed E-state index contributed by atoms with van der Waals surface area (Å²) in [4.78, 5) is 0.965. The van der Waals surface area contributed by atoms with Crippen LogP contribution in [0, 0.1) is 0 Å². The van der Waals surface area contributed by atoms with Gasteiger partial charge in [0.15, 0.2) is 0 Å². The van der Waals surface area contributed by atoms with Crippen LogP contribution in [-0.4, -0.2) is 19.8 Å². The number of hydrogen-bond acceptors (Lipinski definition) is 4. The normalized spacial score (nSPS) is 12.0. The smallest absolute Gasteiger partial charge is 0.245 e. The van der Waals surface area contributed by atoms with E-state index in [4.69, 9.17) is 17.3 Å². The molecular weight excluding hydrogens is 384 g/mol. The van der Waals surface area contributed by atoms with Crippen molar-refractivity contribution in [2.45, 2.75) is 11.4 Å². The van der Waals surface area contributed by atoms with Crippen molar-refractivity contribution < 1.29 is 8.42 Å². The van der Waals surface area contributed by atoms with Gasteiger partial charge < -0.3 is 5.73 Å². The molecule has 0 fully saturated rings. The van der Waals surface area contributed by atoms with Crippen LogP contribution in [0.2, 0.25) is 5.02 Å². The molecule has 108 valence electrons. The van der Waals surface area contributed by atoms with Crippen molar-refractivity contribution in [3.63, 3.8) is 0 Å². The number of thiophene rings is 1. The quantitative estimate of drug-likeness (QED) is 0.805. The van der Waals surface area contributed by atoms with E-state index in [1.807, 2.05) is 11.4 Å². The number of sulfonamides is 1. The SMILES string of the molecule is CN(Cc1cc(Br)cs1)S(=O)(=O)c1cc(Cl)ccc1N. The summed E-state index contributed by atoms with van der Waals surface area (Å²) in [5.41, 5.74) is 5.93. The van der Waals surface area contributed by atoms with E-state index in [0.29, 0.717) is 5.02 Å². The van der Waals surface area contributed by atoms with Gasteiger partial charge >= 0.3 is 0 Å². The van der Waals surface area contributed by atoms with Crippen LogP contribution in [0.3, 0.4) is 0 Å². The van der Waals surface area contributed by atoms with Crippen LogP contribution in [0.5, 0.6) is 0 Å². The molecule has 1 heterocycles. The standard InChI is InChI=1S/C12H12BrClN2O2S2/c1-16(6-10-4-8(13)7-19-10)20(17,18)12-5-9(14)2-3-11(12)15/h2-5,7H,6,15H2,1H3. The highest BCUT2D eigenvalue weighted by Crippen LogP contribution is 2.27. The Morgan fingerprint density at radius 1 is 1.40 bits per heavy atom. The Labute approximate surface area is 135 Å². The zero-order chi connectivity index (χ0) is 14.9. The van der Waals surface area contributed by atoms with Crippen LogP contribution in [0.1, 0.15) is 4.88 Å². The highest BCUT2D eigenvalue weighted by molar-refractivity contribution is 9.10. The lowest BCUT2D eigenvalue weighted by atomic mass is 10.3. The first-order valence-corrected chi connectivity index (χ1v) is 9.04. The third-order valence-electron chi connectivity index (χ3n) is 2.66. The first-order valence-electron chi connectivity index (χ1n) is 5.55. The molecule has 0 bridgehead atoms. The molecule has 0 unspecified atom stereocenters. The lowest BCUT2D eigenvalue weighted by Crippen LogP contribution is -2.26. The van der Waals surface area contributed by atoms with Crippen molar-refractivity contribution in [3.8, 4) is 0 Å². The minimum atomic E-state index is -3.67. The van der Waals surface area contributed by atoms with Crippen molar-refractivity contribution in [3.05, 3.63) is 44.0 Å². The third-order valence-corrected chi connectivity index (χ3v) is 6.44. The Morgan fingerprint density at radius 3 is 2.70 bits per heavy atom. The van der Waals surface area contributed by atoms with Crippen LogP contribution in [0.4, 0.5) is 5.69 Å². The van der Waals surface area contributed by atoms with Gasteiger partial charge in [0.2, 0.25) is 10.0 Å². The summed E-state index contributed by atoms with van der Waals surface area (Å²) >= 11 is 10.7. The van der Waals surface area contributed by atoms with Crippen molar-refractivity contribution in [1.29, 1.82) is 0 Å². The molecule has 4 nitrogen and oxygen atoms in total. The van der Waals surface area contributed by atoms with Gasteiger partial charge in [-0.1, -0.05) is 11.6 Å². The van der Waals surface area contributed by atoms with Crippen LogP contribution < -0.4 is 5.73 Å². The Bertz CT molecular complexity index is 731. The molecule has 2 rings (SSSR count). The van der Waals surface area contributed by atoms with Gasteiger partial charge in [0.1, 0.15) is 4.90 Å². The molecule has 0 saturated heterocycles. The van der Waals surface area contributed by atoms with E-state index in [2.05, 4.69) is 15.9 Å². The van der Waals surface area contributed by atoms with Crippen LogP contribution in [0.15, 0.2) is 39.0 Å². The van der Waals surface area contributed by atoms with Crippen molar-refractivity contribution in [2.75, 3.05) is 12.8 Å². The van der Waals surface area contributed by atoms with E-state index in [9.17, 15) is 8.42 Å². The Balaban J connectivity index is 2.32. The van der Waals surface area contributed by atoms with E-state index in [1.54, 1.807) is 6.07 Å². The third kappa shape index (κ3) is 3.35. The zero-order valence-electron chi connectivity index (χ0n) is 10.5. The van der Waals surface area contributed by atoms with E-state index in [-0.39, 0.29) is 17.1 Å². The lowest BCUT2D eigenvalue weighted by Gasteiger charge is -2.17. The summed E-state index contributed by atoms with van der Waals surface area (Å²) in [6, 6.07) is 6.31. The zero-order valence-corrected chi connectivity index (χ0v) is 14.5. The molecule has 20 heavy (non-hydrogen) atoms. The average Bonchev–Trinajstić information content (AvgIpc) is 2.77. The van der Waals surface area contributed by atoms with Gasteiger partial charge in [0.05, 0.1) is 5.69 Å². The molecule has 0 aliphatic heterocycles. The summed E-state index contributed by atoms with van der Waals surface area (Å²) in [6.07, 6.45) is 0. The summed E-state index contributed by atoms with van der Waals surface area (Å²) < 4.78 is 27.2. The molecule has 0 radical (unpaired) electrons. The van der Waals surface area contributed by atoms with Gasteiger partial charge in [-0.15, -0.1) is 11.3 Å². The van der Waals surface area contributed by atoms with Gasteiger partial charge in [-0.2, -0.15) is 4.31 Å². The minimum Gasteiger partial charge on any atom is -0.398 e. The molecule has 0 spiro atoms. The number of benzene rings is 1. The fourth-order valence-corrected chi connectivity index (χ4v) is 4.75. The highest BCUT2D eigenvalue weighted by Gasteiger charge is 2.24. The number of nitrogen functional groups attached to an aromatic ring is 1. The number of halogens is 2. The molecule has 0 saturated carbocycles. The maximum atomic E-state index is 12.5.